The minimum atomic E-state index is -0.277. The maximum atomic E-state index is 12.1. The predicted molar refractivity (Wildman–Crippen MR) is 151 cm³/mol. The first-order valence-corrected chi connectivity index (χ1v) is 12.9. The molecule has 0 saturated heterocycles. The molecule has 1 N–H and O–H groups in total. The average molecular weight is 519 g/mol. The molecule has 0 spiro atoms. The van der Waals surface area contributed by atoms with Crippen molar-refractivity contribution in [2.24, 2.45) is 5.92 Å². The second kappa shape index (κ2) is 16.6. The summed E-state index contributed by atoms with van der Waals surface area (Å²) in [7, 11) is 3.14. The zero-order valence-corrected chi connectivity index (χ0v) is 22.7. The highest BCUT2D eigenvalue weighted by Gasteiger charge is 2.13. The third kappa shape index (κ3) is 10.1. The Labute approximate surface area is 225 Å². The minimum Gasteiger partial charge on any atom is -0.507 e. The zero-order valence-electron chi connectivity index (χ0n) is 22.7. The Morgan fingerprint density at radius 2 is 1.55 bits per heavy atom. The lowest BCUT2D eigenvalue weighted by atomic mass is 10.0. The van der Waals surface area contributed by atoms with Gasteiger partial charge in [-0.05, 0) is 48.2 Å². The van der Waals surface area contributed by atoms with Gasteiger partial charge in [0, 0.05) is 17.7 Å². The lowest BCUT2D eigenvalue weighted by Crippen LogP contribution is -2.12. The smallest absolute Gasteiger partial charge is 0.330 e. The summed E-state index contributed by atoms with van der Waals surface area (Å²) in [6, 6.07) is 21.0. The lowest BCUT2D eigenvalue weighted by Gasteiger charge is -2.13. The van der Waals surface area contributed by atoms with Gasteiger partial charge in [-0.25, -0.2) is 4.79 Å². The van der Waals surface area contributed by atoms with E-state index in [0.717, 1.165) is 24.2 Å². The highest BCUT2D eigenvalue weighted by atomic mass is 16.5. The van der Waals surface area contributed by atoms with Crippen molar-refractivity contribution in [3.63, 3.8) is 0 Å². The van der Waals surface area contributed by atoms with Gasteiger partial charge in [-0.15, -0.1) is 0 Å². The molecule has 6 heteroatoms. The summed E-state index contributed by atoms with van der Waals surface area (Å²) < 4.78 is 15.4. The summed E-state index contributed by atoms with van der Waals surface area (Å²) in [6.07, 6.45) is 7.79. The number of hydrogen-bond donors (Lipinski definition) is 1. The summed E-state index contributed by atoms with van der Waals surface area (Å²) in [5.41, 5.74) is 1.77. The maximum absolute atomic E-state index is 12.1. The molecule has 0 aliphatic rings. The molecule has 3 rings (SSSR count). The third-order valence-corrected chi connectivity index (χ3v) is 6.02. The Morgan fingerprint density at radius 1 is 0.895 bits per heavy atom. The van der Waals surface area contributed by atoms with Crippen molar-refractivity contribution >= 4 is 17.8 Å². The molecule has 0 aromatic heterocycles. The summed E-state index contributed by atoms with van der Waals surface area (Å²) in [5, 5.41) is 9.75. The third-order valence-electron chi connectivity index (χ3n) is 6.02. The quantitative estimate of drug-likeness (QED) is 0.156. The number of ether oxygens (including phenoxy) is 3. The van der Waals surface area contributed by atoms with Gasteiger partial charge in [-0.1, -0.05) is 75.6 Å². The number of phenols is 1. The summed E-state index contributed by atoms with van der Waals surface area (Å²) >= 11 is 0. The van der Waals surface area contributed by atoms with Crippen LogP contribution in [0.25, 0.3) is 6.08 Å². The summed E-state index contributed by atoms with van der Waals surface area (Å²) in [5.74, 6) is 1.25. The normalized spacial score (nSPS) is 11.3. The van der Waals surface area contributed by atoms with Crippen molar-refractivity contribution in [2.75, 3.05) is 20.8 Å². The lowest BCUT2D eigenvalue weighted by molar-refractivity contribution is -0.139. The Hall–Kier alpha value is -4.06. The number of carbonyl (C=O) groups is 2. The van der Waals surface area contributed by atoms with Crippen LogP contribution in [0.3, 0.4) is 0 Å². The number of esters is 1. The standard InChI is InChI=1S/C18H26O3.C14H12O3/c1-4-6-7-15(5-2)14-21-18(19)13-10-16-8-11-17(20-3)12-9-16;1-17-11-7-8-12(13(15)9-11)14(16)10-5-3-2-4-6-10/h8-13,15H,4-7,14H2,1-3H3;2-9,15H,1H3/b13-10+;. The van der Waals surface area contributed by atoms with Crippen LogP contribution in [0.5, 0.6) is 17.2 Å². The average Bonchev–Trinajstić information content (AvgIpc) is 2.96. The van der Waals surface area contributed by atoms with Crippen molar-refractivity contribution in [1.82, 2.24) is 0 Å². The van der Waals surface area contributed by atoms with Crippen LogP contribution in [-0.4, -0.2) is 37.7 Å². The van der Waals surface area contributed by atoms with E-state index >= 15 is 0 Å². The molecule has 0 fully saturated rings. The van der Waals surface area contributed by atoms with Gasteiger partial charge in [-0.2, -0.15) is 0 Å². The first kappa shape index (κ1) is 30.2. The van der Waals surface area contributed by atoms with Gasteiger partial charge >= 0.3 is 5.97 Å². The van der Waals surface area contributed by atoms with E-state index in [9.17, 15) is 14.7 Å². The van der Waals surface area contributed by atoms with Crippen molar-refractivity contribution in [1.29, 1.82) is 0 Å². The number of carbonyl (C=O) groups excluding carboxylic acids is 2. The van der Waals surface area contributed by atoms with E-state index in [1.165, 1.54) is 32.1 Å². The van der Waals surface area contributed by atoms with E-state index in [1.54, 1.807) is 49.6 Å². The topological polar surface area (TPSA) is 82.1 Å². The van der Waals surface area contributed by atoms with Crippen LogP contribution in [-0.2, 0) is 9.53 Å². The SMILES string of the molecule is CCCCC(CC)COC(=O)/C=C/c1ccc(OC)cc1.COc1ccc(C(=O)c2ccccc2)c(O)c1. The van der Waals surface area contributed by atoms with Gasteiger partial charge < -0.3 is 19.3 Å². The zero-order chi connectivity index (χ0) is 27.8. The van der Waals surface area contributed by atoms with Crippen LogP contribution in [0.15, 0.2) is 78.9 Å². The van der Waals surface area contributed by atoms with Crippen molar-refractivity contribution in [3.05, 3.63) is 95.6 Å². The van der Waals surface area contributed by atoms with Gasteiger partial charge in [-0.3, -0.25) is 4.79 Å². The number of aromatic hydroxyl groups is 1. The minimum absolute atomic E-state index is 0.0711. The molecule has 1 atom stereocenters. The molecule has 1 unspecified atom stereocenters. The van der Waals surface area contributed by atoms with Gasteiger partial charge in [0.25, 0.3) is 0 Å². The molecule has 0 amide bonds. The van der Waals surface area contributed by atoms with E-state index in [4.69, 9.17) is 14.2 Å². The van der Waals surface area contributed by atoms with Crippen LogP contribution in [0.1, 0.15) is 61.0 Å². The molecular formula is C32H38O6. The highest BCUT2D eigenvalue weighted by Crippen LogP contribution is 2.25. The van der Waals surface area contributed by atoms with Crippen LogP contribution in [0.2, 0.25) is 0 Å². The number of ketones is 1. The number of benzene rings is 3. The number of rotatable bonds is 12. The molecule has 0 bridgehead atoms. The maximum Gasteiger partial charge on any atom is 0.330 e. The molecule has 3 aromatic rings. The summed E-state index contributed by atoms with van der Waals surface area (Å²) in [4.78, 5) is 23.8. The van der Waals surface area contributed by atoms with Gasteiger partial charge in [0.15, 0.2) is 5.78 Å². The Kier molecular flexibility index (Phi) is 13.2. The van der Waals surface area contributed by atoms with E-state index < -0.39 is 0 Å². The van der Waals surface area contributed by atoms with E-state index in [0.29, 0.717) is 23.8 Å². The Balaban J connectivity index is 0.000000272. The van der Waals surface area contributed by atoms with Gasteiger partial charge in [0.05, 0.1) is 26.4 Å². The molecule has 38 heavy (non-hydrogen) atoms. The van der Waals surface area contributed by atoms with Gasteiger partial charge in [0.1, 0.15) is 17.2 Å². The van der Waals surface area contributed by atoms with Crippen molar-refractivity contribution in [3.8, 4) is 17.2 Å². The van der Waals surface area contributed by atoms with E-state index in [2.05, 4.69) is 13.8 Å². The molecule has 202 valence electrons. The van der Waals surface area contributed by atoms with E-state index in [1.807, 2.05) is 30.3 Å². The van der Waals surface area contributed by atoms with Gasteiger partial charge in [0.2, 0.25) is 0 Å². The number of unbranched alkanes of at least 4 members (excludes halogenated alkanes) is 1. The number of hydrogen-bond acceptors (Lipinski definition) is 6. The fourth-order valence-electron chi connectivity index (χ4n) is 3.60. The van der Waals surface area contributed by atoms with Crippen molar-refractivity contribution < 1.29 is 28.9 Å². The summed E-state index contributed by atoms with van der Waals surface area (Å²) in [6.45, 7) is 4.83. The molecule has 0 heterocycles. The largest absolute Gasteiger partial charge is 0.507 e. The molecule has 3 aromatic carbocycles. The van der Waals surface area contributed by atoms with Crippen LogP contribution >= 0.6 is 0 Å². The molecule has 0 radical (unpaired) electrons. The van der Waals surface area contributed by atoms with E-state index in [-0.39, 0.29) is 23.1 Å². The van der Waals surface area contributed by atoms with Crippen LogP contribution in [0.4, 0.5) is 0 Å². The second-order valence-electron chi connectivity index (χ2n) is 8.73. The van der Waals surface area contributed by atoms with Crippen LogP contribution in [0, 0.1) is 5.92 Å². The molecule has 6 nitrogen and oxygen atoms in total. The Bertz CT molecular complexity index is 1150. The molecule has 0 aliphatic heterocycles. The highest BCUT2D eigenvalue weighted by molar-refractivity contribution is 6.10. The van der Waals surface area contributed by atoms with Crippen LogP contribution < -0.4 is 9.47 Å². The fourth-order valence-corrected chi connectivity index (χ4v) is 3.60. The van der Waals surface area contributed by atoms with Crippen molar-refractivity contribution in [2.45, 2.75) is 39.5 Å². The molecule has 0 aliphatic carbocycles. The first-order chi connectivity index (χ1) is 18.4. The second-order valence-corrected chi connectivity index (χ2v) is 8.73. The fraction of sp³-hybridized carbons (Fsp3) is 0.312. The molecule has 0 saturated carbocycles. The number of phenolic OH excluding ortho intramolecular Hbond substituents is 1. The predicted octanol–water partition coefficient (Wildman–Crippen LogP) is 7.10. The monoisotopic (exact) mass is 518 g/mol. The Morgan fingerprint density at radius 3 is 2.13 bits per heavy atom. The molecular weight excluding hydrogens is 480 g/mol. The number of methoxy groups -OCH3 is 2. The first-order valence-electron chi connectivity index (χ1n) is 12.9.